The van der Waals surface area contributed by atoms with Gasteiger partial charge in [-0.05, 0) is 103 Å². The average molecular weight is 1300 g/mol. The molecule has 0 unspecified atom stereocenters. The summed E-state index contributed by atoms with van der Waals surface area (Å²) in [4.78, 5) is 14.7. The van der Waals surface area contributed by atoms with Crippen LogP contribution in [-0.2, 0) is 0 Å². The van der Waals surface area contributed by atoms with E-state index in [0.29, 0.717) is 5.82 Å². The normalized spacial score (nSPS) is 11.9. The minimum absolute atomic E-state index is 0.536. The van der Waals surface area contributed by atoms with Crippen LogP contribution in [0.5, 0.6) is 0 Å². The fraction of sp³-hybridized carbons (Fsp3) is 0. The third-order valence-corrected chi connectivity index (χ3v) is 20.7. The Kier molecular flexibility index (Phi) is 12.8. The van der Waals surface area contributed by atoms with Crippen LogP contribution in [0.2, 0.25) is 0 Å². The number of hydrogen-bond acceptors (Lipinski definition) is 3. The topological polar surface area (TPSA) is 57.5 Å². The molecule has 0 spiro atoms. The predicted molar refractivity (Wildman–Crippen MR) is 421 cm³/mol. The Balaban J connectivity index is 1.10. The van der Waals surface area contributed by atoms with Gasteiger partial charge in [0.1, 0.15) is 33.4 Å². The molecule has 0 atom stereocenters. The second-order valence-electron chi connectivity index (χ2n) is 26.2. The Morgan fingerprint density at radius 2 is 0.500 bits per heavy atom. The molecule has 0 radical (unpaired) electrons. The lowest BCUT2D eigenvalue weighted by molar-refractivity contribution is -0.708. The van der Waals surface area contributed by atoms with Gasteiger partial charge in [0, 0.05) is 82.1 Å². The molecule has 102 heavy (non-hydrogen) atoms. The molecule has 7 heterocycles. The zero-order valence-corrected chi connectivity index (χ0v) is 55.2. The summed E-state index contributed by atoms with van der Waals surface area (Å²) in [5.74, 6) is 2.22. The van der Waals surface area contributed by atoms with Gasteiger partial charge in [-0.15, -0.1) is 4.68 Å². The molecule has 7 aromatic heterocycles. The maximum Gasteiger partial charge on any atom is 0.282 e. The van der Waals surface area contributed by atoms with Crippen molar-refractivity contribution in [3.8, 4) is 56.9 Å². The van der Waals surface area contributed by atoms with E-state index in [1.54, 1.807) is 0 Å². The van der Waals surface area contributed by atoms with Gasteiger partial charge in [0.25, 0.3) is 11.6 Å². The fourth-order valence-corrected chi connectivity index (χ4v) is 16.5. The van der Waals surface area contributed by atoms with Crippen LogP contribution < -0.4 is 9.58 Å². The molecular formula is C93H60N9+. The highest BCUT2D eigenvalue weighted by molar-refractivity contribution is 6.16. The Bertz CT molecular complexity index is 6380. The molecule has 476 valence electrons. The molecule has 0 saturated carbocycles. The molecule has 0 aliphatic rings. The van der Waals surface area contributed by atoms with Gasteiger partial charge in [0.05, 0.1) is 50.1 Å². The number of nitrogens with zero attached hydrogens (tertiary/aromatic N) is 9. The zero-order valence-electron chi connectivity index (χ0n) is 55.2. The predicted octanol–water partition coefficient (Wildman–Crippen LogP) is 23.0. The van der Waals surface area contributed by atoms with Gasteiger partial charge < -0.3 is 14.0 Å². The van der Waals surface area contributed by atoms with Gasteiger partial charge in [-0.3, -0.25) is 0 Å². The maximum absolute atomic E-state index is 6.15. The van der Waals surface area contributed by atoms with E-state index in [0.717, 1.165) is 177 Å². The highest BCUT2D eigenvalue weighted by Crippen LogP contribution is 2.50. The highest BCUT2D eigenvalue weighted by Gasteiger charge is 2.42. The maximum atomic E-state index is 6.15. The number of anilines is 3. The number of pyridine rings is 1. The van der Waals surface area contributed by atoms with Crippen molar-refractivity contribution in [2.45, 2.75) is 0 Å². The summed E-state index contributed by atoms with van der Waals surface area (Å²) in [5, 5.41) is 11.0. The van der Waals surface area contributed by atoms with E-state index in [2.05, 4.69) is 397 Å². The van der Waals surface area contributed by atoms with Gasteiger partial charge in [-0.1, -0.05) is 261 Å². The number of aromatic nitrogens is 8. The van der Waals surface area contributed by atoms with E-state index in [4.69, 9.17) is 9.97 Å². The van der Waals surface area contributed by atoms with Crippen LogP contribution in [0.4, 0.5) is 17.1 Å². The first-order chi connectivity index (χ1) is 50.7. The summed E-state index contributed by atoms with van der Waals surface area (Å²) in [7, 11) is 0. The van der Waals surface area contributed by atoms with E-state index in [1.807, 2.05) is 0 Å². The zero-order chi connectivity index (χ0) is 66.9. The first kappa shape index (κ1) is 57.2. The third kappa shape index (κ3) is 8.55. The van der Waals surface area contributed by atoms with Crippen molar-refractivity contribution in [1.29, 1.82) is 0 Å². The quantitative estimate of drug-likeness (QED) is 0.121. The van der Waals surface area contributed by atoms with E-state index in [9.17, 15) is 0 Å². The molecule has 0 fully saturated rings. The molecule has 9 heteroatoms. The average Bonchev–Trinajstić information content (AvgIpc) is 1.44. The van der Waals surface area contributed by atoms with Crippen molar-refractivity contribution in [2.75, 3.05) is 4.90 Å². The van der Waals surface area contributed by atoms with Crippen molar-refractivity contribution < 1.29 is 4.68 Å². The highest BCUT2D eigenvalue weighted by atomic mass is 15.5. The first-order valence-electron chi connectivity index (χ1n) is 34.7. The second kappa shape index (κ2) is 22.9. The van der Waals surface area contributed by atoms with Gasteiger partial charge in [-0.25, -0.2) is 19.1 Å². The molecular weight excluding hydrogens is 1240 g/mol. The monoisotopic (exact) mass is 1300 g/mol. The van der Waals surface area contributed by atoms with E-state index in [1.165, 1.54) is 0 Å². The Morgan fingerprint density at radius 3 is 0.843 bits per heavy atom. The minimum atomic E-state index is 0.536. The summed E-state index contributed by atoms with van der Waals surface area (Å²) in [6.45, 7) is 0. The number of rotatable bonds is 11. The lowest BCUT2D eigenvalue weighted by Gasteiger charge is -2.28. The summed E-state index contributed by atoms with van der Waals surface area (Å²) in [5.41, 5.74) is 19.3. The summed E-state index contributed by atoms with van der Waals surface area (Å²) in [6.07, 6.45) is 0. The molecule has 14 aromatic carbocycles. The van der Waals surface area contributed by atoms with Gasteiger partial charge in [0.15, 0.2) is 5.82 Å². The van der Waals surface area contributed by atoms with E-state index >= 15 is 0 Å². The molecule has 21 rings (SSSR count). The summed E-state index contributed by atoms with van der Waals surface area (Å²) < 4.78 is 15.4. The van der Waals surface area contributed by atoms with Crippen LogP contribution >= 0.6 is 0 Å². The summed E-state index contributed by atoms with van der Waals surface area (Å²) in [6, 6.07) is 132. The first-order valence-corrected chi connectivity index (χ1v) is 34.7. The van der Waals surface area contributed by atoms with Crippen LogP contribution in [0.15, 0.2) is 364 Å². The van der Waals surface area contributed by atoms with Gasteiger partial charge >= 0.3 is 0 Å². The Labute approximate surface area is 586 Å². The van der Waals surface area contributed by atoms with Crippen molar-refractivity contribution in [1.82, 2.24) is 32.9 Å². The van der Waals surface area contributed by atoms with Crippen LogP contribution in [-0.4, -0.2) is 32.9 Å². The van der Waals surface area contributed by atoms with Crippen LogP contribution in [0.25, 0.3) is 166 Å². The fourth-order valence-electron chi connectivity index (χ4n) is 16.5. The molecule has 0 bridgehead atoms. The number of benzene rings is 14. The molecule has 0 aliphatic heterocycles. The Hall–Kier alpha value is -13.9. The standard InChI is InChI=1S/C93H60N9/c1-5-31-61(32-6-1)76-60-77(62-33-7-2-8-34-62)95-91(94-76)88-89(97-78-48-22-13-39-66(78)67-40-14-23-49-79(67)97)92(99-82-52-26-17-43-70(82)71-44-18-27-53-83(71)99)102(101-86-56-30-21-47-74(86)75-59-65(57-58-87(75)101)96(63-35-9-3-10-36-63)64-37-11-4-12-38-64)93(100-84-54-28-19-45-72(84)73-46-20-29-55-85(73)100)90(88)98-80-50-24-15-41-68(80)69-42-16-25-51-81(69)98/h1-60H/q+1. The SMILES string of the molecule is c1ccc(-c2cc(-c3ccccc3)nc(-c3c(-n4c5ccccc5c5ccccc54)c(-n4c5ccccc5c5ccccc54)[n+](-n4c5ccccc5c5cc(N(c6ccccc6)c6ccccc6)ccc54)c(-n4c5ccccc5c5ccccc54)c3-n3c4ccccc4c4ccccc43)n2)cc1. The second-order valence-corrected chi connectivity index (χ2v) is 26.2. The largest absolute Gasteiger partial charge is 0.310 e. The molecule has 21 aromatic rings. The van der Waals surface area contributed by atoms with Crippen LogP contribution in [0.1, 0.15) is 0 Å². The van der Waals surface area contributed by atoms with Crippen molar-refractivity contribution in [3.63, 3.8) is 0 Å². The van der Waals surface area contributed by atoms with Gasteiger partial charge in [-0.2, -0.15) is 4.68 Å². The number of fused-ring (bicyclic) bond motifs is 15. The molecule has 0 saturated heterocycles. The molecule has 9 nitrogen and oxygen atoms in total. The molecule has 0 amide bonds. The van der Waals surface area contributed by atoms with Crippen molar-refractivity contribution >= 4 is 126 Å². The van der Waals surface area contributed by atoms with Crippen molar-refractivity contribution in [3.05, 3.63) is 364 Å². The smallest absolute Gasteiger partial charge is 0.282 e. The van der Waals surface area contributed by atoms with Gasteiger partial charge in [0.2, 0.25) is 0 Å². The van der Waals surface area contributed by atoms with E-state index in [-0.39, 0.29) is 0 Å². The van der Waals surface area contributed by atoms with Crippen molar-refractivity contribution in [2.24, 2.45) is 0 Å². The van der Waals surface area contributed by atoms with E-state index < -0.39 is 0 Å². The summed E-state index contributed by atoms with van der Waals surface area (Å²) >= 11 is 0. The minimum Gasteiger partial charge on any atom is -0.310 e. The molecule has 0 N–H and O–H groups in total. The van der Waals surface area contributed by atoms with Crippen LogP contribution in [0.3, 0.4) is 0 Å². The lowest BCUT2D eigenvalue weighted by Crippen LogP contribution is -2.51. The van der Waals surface area contributed by atoms with Crippen LogP contribution in [0, 0.1) is 0 Å². The Morgan fingerprint density at radius 1 is 0.225 bits per heavy atom. The third-order valence-electron chi connectivity index (χ3n) is 20.7. The number of para-hydroxylation sites is 11. The number of hydrogen-bond donors (Lipinski definition) is 0. The lowest BCUT2D eigenvalue weighted by atomic mass is 10.0. The molecule has 0 aliphatic carbocycles.